The van der Waals surface area contributed by atoms with E-state index in [1.165, 1.54) is 0 Å². The first-order chi connectivity index (χ1) is 9.24. The summed E-state index contributed by atoms with van der Waals surface area (Å²) in [7, 11) is 0. The minimum absolute atomic E-state index is 0.559. The van der Waals surface area contributed by atoms with Crippen LogP contribution in [-0.4, -0.2) is 6.54 Å². The Morgan fingerprint density at radius 3 is 2.84 bits per heavy atom. The number of benzene rings is 1. The van der Waals surface area contributed by atoms with Gasteiger partial charge in [0.15, 0.2) is 0 Å². The lowest BCUT2D eigenvalue weighted by atomic mass is 10.2. The quantitative estimate of drug-likeness (QED) is 0.792. The van der Waals surface area contributed by atoms with Crippen LogP contribution in [0.5, 0.6) is 0 Å². The van der Waals surface area contributed by atoms with Gasteiger partial charge in [-0.05, 0) is 25.1 Å². The molecule has 0 atom stereocenters. The normalized spacial score (nSPS) is 22.9. The molecule has 1 aromatic rings. The molecular weight excluding hydrogens is 234 g/mol. The van der Waals surface area contributed by atoms with E-state index in [4.69, 9.17) is 4.74 Å². The molecule has 0 aromatic heterocycles. The van der Waals surface area contributed by atoms with E-state index in [1.54, 1.807) is 6.08 Å². The first-order valence-corrected chi connectivity index (χ1v) is 6.21. The fourth-order valence-electron chi connectivity index (χ4n) is 1.92. The molecule has 19 heavy (non-hydrogen) atoms. The highest BCUT2D eigenvalue weighted by Crippen LogP contribution is 2.15. The molecule has 0 fully saturated rings. The predicted molar refractivity (Wildman–Crippen MR) is 78.8 cm³/mol. The fourth-order valence-corrected chi connectivity index (χ4v) is 1.92. The van der Waals surface area contributed by atoms with Crippen molar-refractivity contribution in [2.24, 2.45) is 4.99 Å². The number of allylic oxidation sites excluding steroid dienone is 3. The van der Waals surface area contributed by atoms with Gasteiger partial charge in [-0.1, -0.05) is 43.5 Å². The lowest BCUT2D eigenvalue weighted by molar-refractivity contribution is 0.341. The second-order valence-electron chi connectivity index (χ2n) is 4.18. The van der Waals surface area contributed by atoms with Crippen LogP contribution in [0.25, 0.3) is 6.08 Å². The predicted octanol–water partition coefficient (Wildman–Crippen LogP) is 2.65. The third-order valence-electron chi connectivity index (χ3n) is 2.78. The molecule has 0 unspecified atom stereocenters. The Bertz CT molecular complexity index is 677. The van der Waals surface area contributed by atoms with Crippen LogP contribution >= 0.6 is 0 Å². The van der Waals surface area contributed by atoms with Gasteiger partial charge in [-0.2, -0.15) is 0 Å². The molecule has 2 rings (SSSR count). The summed E-state index contributed by atoms with van der Waals surface area (Å²) in [5.41, 5.74) is 0.990. The molecule has 1 aliphatic heterocycles. The maximum absolute atomic E-state index is 5.74. The van der Waals surface area contributed by atoms with Crippen molar-refractivity contribution in [3.8, 4) is 0 Å². The van der Waals surface area contributed by atoms with Gasteiger partial charge < -0.3 is 4.74 Å². The molecule has 0 spiro atoms. The zero-order valence-electron chi connectivity index (χ0n) is 11.1. The highest BCUT2D eigenvalue weighted by molar-refractivity contribution is 5.43. The van der Waals surface area contributed by atoms with Gasteiger partial charge in [0.1, 0.15) is 11.5 Å². The smallest absolute Gasteiger partial charge is 0.131 e. The molecular formula is C17H17NO. The van der Waals surface area contributed by atoms with Crippen LogP contribution in [0.3, 0.4) is 0 Å². The second-order valence-corrected chi connectivity index (χ2v) is 4.18. The number of rotatable bonds is 2. The van der Waals surface area contributed by atoms with Gasteiger partial charge in [0.25, 0.3) is 0 Å². The van der Waals surface area contributed by atoms with Crippen LogP contribution in [0.2, 0.25) is 0 Å². The van der Waals surface area contributed by atoms with Gasteiger partial charge in [-0.15, -0.1) is 0 Å². The van der Waals surface area contributed by atoms with Crippen molar-refractivity contribution in [1.29, 1.82) is 0 Å². The zero-order chi connectivity index (χ0) is 13.7. The Kier molecular flexibility index (Phi) is 4.14. The largest absolute Gasteiger partial charge is 0.458 e. The van der Waals surface area contributed by atoms with E-state index in [0.29, 0.717) is 18.1 Å². The molecule has 1 aliphatic rings. The average molecular weight is 251 g/mol. The van der Waals surface area contributed by atoms with Crippen LogP contribution in [0, 0.1) is 0 Å². The molecule has 0 N–H and O–H groups in total. The summed E-state index contributed by atoms with van der Waals surface area (Å²) < 4.78 is 5.74. The molecule has 0 aliphatic carbocycles. The standard InChI is InChI=1S/C17H17NO/c1-4-8-15-12-18-16-10-7-6-9-14(16)11-13(3)19-17(15)5-2/h4-11H,2-3,12H2,1H3/b8-4-,14-11-,17-15-,18-16-. The third kappa shape index (κ3) is 3.10. The molecule has 96 valence electrons. The molecule has 0 saturated heterocycles. The van der Waals surface area contributed by atoms with E-state index in [0.717, 1.165) is 16.1 Å². The summed E-state index contributed by atoms with van der Waals surface area (Å²) in [6.07, 6.45) is 7.54. The van der Waals surface area contributed by atoms with Crippen molar-refractivity contribution < 1.29 is 4.74 Å². The SMILES string of the molecule is C=C/C1=C(\C=C/C)C/N=c2/cccc/c2=C/C(=C)O1. The number of hydrogen-bond acceptors (Lipinski definition) is 2. The Labute approximate surface area is 113 Å². The minimum atomic E-state index is 0.559. The van der Waals surface area contributed by atoms with Gasteiger partial charge in [0.2, 0.25) is 0 Å². The summed E-state index contributed by atoms with van der Waals surface area (Å²) in [5.74, 6) is 1.29. The molecule has 1 heterocycles. The molecule has 0 saturated carbocycles. The Morgan fingerprint density at radius 2 is 2.11 bits per heavy atom. The summed E-state index contributed by atoms with van der Waals surface area (Å²) in [4.78, 5) is 4.63. The van der Waals surface area contributed by atoms with Crippen molar-refractivity contribution in [1.82, 2.24) is 0 Å². The lowest BCUT2D eigenvalue weighted by Gasteiger charge is -2.08. The van der Waals surface area contributed by atoms with Crippen molar-refractivity contribution >= 4 is 6.08 Å². The van der Waals surface area contributed by atoms with E-state index in [2.05, 4.69) is 18.2 Å². The monoisotopic (exact) mass is 251 g/mol. The van der Waals surface area contributed by atoms with Crippen LogP contribution in [0.4, 0.5) is 0 Å². The number of nitrogens with zero attached hydrogens (tertiary/aromatic N) is 1. The molecule has 0 radical (unpaired) electrons. The van der Waals surface area contributed by atoms with E-state index in [9.17, 15) is 0 Å². The van der Waals surface area contributed by atoms with Gasteiger partial charge in [0.05, 0.1) is 11.9 Å². The molecule has 1 aromatic carbocycles. The Balaban J connectivity index is 2.62. The van der Waals surface area contributed by atoms with Crippen molar-refractivity contribution in [3.63, 3.8) is 0 Å². The average Bonchev–Trinajstić information content (AvgIpc) is 2.48. The molecule has 2 heteroatoms. The van der Waals surface area contributed by atoms with E-state index >= 15 is 0 Å². The summed E-state index contributed by atoms with van der Waals surface area (Å²) in [6.45, 7) is 10.2. The van der Waals surface area contributed by atoms with Gasteiger partial charge in [-0.25, -0.2) is 0 Å². The van der Waals surface area contributed by atoms with Crippen molar-refractivity contribution in [2.45, 2.75) is 6.92 Å². The van der Waals surface area contributed by atoms with E-state index < -0.39 is 0 Å². The van der Waals surface area contributed by atoms with Gasteiger partial charge in [0, 0.05) is 10.8 Å². The van der Waals surface area contributed by atoms with Crippen LogP contribution in [-0.2, 0) is 4.74 Å². The molecule has 0 bridgehead atoms. The van der Waals surface area contributed by atoms with Crippen molar-refractivity contribution in [3.05, 3.63) is 83.3 Å². The highest BCUT2D eigenvalue weighted by atomic mass is 16.5. The van der Waals surface area contributed by atoms with Gasteiger partial charge >= 0.3 is 0 Å². The molecule has 0 amide bonds. The first-order valence-electron chi connectivity index (χ1n) is 6.21. The number of ether oxygens (including phenoxy) is 1. The Morgan fingerprint density at radius 1 is 1.32 bits per heavy atom. The van der Waals surface area contributed by atoms with Gasteiger partial charge in [-0.3, -0.25) is 4.99 Å². The summed E-state index contributed by atoms with van der Waals surface area (Å²) in [6, 6.07) is 7.95. The van der Waals surface area contributed by atoms with Crippen LogP contribution in [0.1, 0.15) is 6.92 Å². The topological polar surface area (TPSA) is 21.6 Å². The molecule has 2 nitrogen and oxygen atoms in total. The maximum Gasteiger partial charge on any atom is 0.131 e. The minimum Gasteiger partial charge on any atom is -0.458 e. The highest BCUT2D eigenvalue weighted by Gasteiger charge is 2.05. The Hall–Kier alpha value is -2.35. The van der Waals surface area contributed by atoms with E-state index in [1.807, 2.05) is 49.4 Å². The summed E-state index contributed by atoms with van der Waals surface area (Å²) >= 11 is 0. The second kappa shape index (κ2) is 6.01. The number of fused-ring (bicyclic) bond motifs is 1. The first kappa shape index (κ1) is 13.1. The fraction of sp³-hybridized carbons (Fsp3) is 0.118. The number of hydrogen-bond donors (Lipinski definition) is 0. The van der Waals surface area contributed by atoms with Crippen LogP contribution < -0.4 is 10.6 Å². The maximum atomic E-state index is 5.74. The summed E-state index contributed by atoms with van der Waals surface area (Å²) in [5, 5.41) is 1.96. The zero-order valence-corrected chi connectivity index (χ0v) is 11.1. The number of para-hydroxylation sites is 1. The van der Waals surface area contributed by atoms with Crippen LogP contribution in [0.15, 0.2) is 77.7 Å². The lowest BCUT2D eigenvalue weighted by Crippen LogP contribution is -2.24. The third-order valence-corrected chi connectivity index (χ3v) is 2.78. The van der Waals surface area contributed by atoms with E-state index in [-0.39, 0.29) is 0 Å². The van der Waals surface area contributed by atoms with Crippen molar-refractivity contribution in [2.75, 3.05) is 6.54 Å².